The lowest BCUT2D eigenvalue weighted by molar-refractivity contribution is -0.112. The maximum atomic E-state index is 11.8. The lowest BCUT2D eigenvalue weighted by atomic mass is 10.1. The van der Waals surface area contributed by atoms with Gasteiger partial charge in [0.05, 0.1) is 13.4 Å². The summed E-state index contributed by atoms with van der Waals surface area (Å²) in [4.78, 5) is 11.8. The molecule has 0 atom stereocenters. The number of methoxy groups -OCH3 is 1. The monoisotopic (exact) mass is 311 g/mol. The predicted molar refractivity (Wildman–Crippen MR) is 91.5 cm³/mol. The SMILES string of the molecule is COc1ccccc1COC=CC(=O)Nc1ccc(C)c(C)c1. The molecule has 2 rings (SSSR count). The van der Waals surface area contributed by atoms with Crippen molar-refractivity contribution in [2.45, 2.75) is 20.5 Å². The molecule has 2 aromatic carbocycles. The first-order chi connectivity index (χ1) is 11.1. The Kier molecular flexibility index (Phi) is 5.80. The van der Waals surface area contributed by atoms with Crippen LogP contribution in [0.4, 0.5) is 5.69 Å². The zero-order valence-electron chi connectivity index (χ0n) is 13.6. The van der Waals surface area contributed by atoms with E-state index >= 15 is 0 Å². The van der Waals surface area contributed by atoms with Gasteiger partial charge in [0.15, 0.2) is 0 Å². The molecule has 120 valence electrons. The number of carbonyl (C=O) groups excluding carboxylic acids is 1. The number of amides is 1. The second-order valence-corrected chi connectivity index (χ2v) is 5.21. The van der Waals surface area contributed by atoms with Crippen LogP contribution in [0.1, 0.15) is 16.7 Å². The van der Waals surface area contributed by atoms with Gasteiger partial charge in [-0.3, -0.25) is 4.79 Å². The molecule has 0 aliphatic rings. The highest BCUT2D eigenvalue weighted by molar-refractivity contribution is 5.99. The molecule has 2 aromatic rings. The molecule has 0 fully saturated rings. The number of benzene rings is 2. The number of carbonyl (C=O) groups is 1. The third kappa shape index (κ3) is 4.88. The standard InChI is InChI=1S/C19H21NO3/c1-14-8-9-17(12-15(14)2)20-19(21)10-11-23-13-16-6-4-5-7-18(16)22-3/h4-12H,13H2,1-3H3,(H,20,21). The van der Waals surface area contributed by atoms with Crippen molar-refractivity contribution in [2.24, 2.45) is 0 Å². The van der Waals surface area contributed by atoms with Crippen LogP contribution in [0.5, 0.6) is 5.75 Å². The van der Waals surface area contributed by atoms with Crippen LogP contribution < -0.4 is 10.1 Å². The van der Waals surface area contributed by atoms with Crippen LogP contribution in [-0.4, -0.2) is 13.0 Å². The smallest absolute Gasteiger partial charge is 0.251 e. The van der Waals surface area contributed by atoms with E-state index in [0.29, 0.717) is 6.61 Å². The van der Waals surface area contributed by atoms with Crippen LogP contribution in [-0.2, 0) is 16.1 Å². The molecule has 0 saturated carbocycles. The summed E-state index contributed by atoms with van der Waals surface area (Å²) < 4.78 is 10.6. The molecular weight excluding hydrogens is 290 g/mol. The average Bonchev–Trinajstić information content (AvgIpc) is 2.55. The van der Waals surface area contributed by atoms with Gasteiger partial charge in [-0.15, -0.1) is 0 Å². The van der Waals surface area contributed by atoms with Crippen molar-refractivity contribution in [3.8, 4) is 5.75 Å². The van der Waals surface area contributed by atoms with E-state index in [1.54, 1.807) is 7.11 Å². The molecule has 4 heteroatoms. The van der Waals surface area contributed by atoms with Crippen molar-refractivity contribution in [2.75, 3.05) is 12.4 Å². The molecule has 1 N–H and O–H groups in total. The van der Waals surface area contributed by atoms with E-state index in [4.69, 9.17) is 9.47 Å². The molecule has 0 heterocycles. The van der Waals surface area contributed by atoms with Gasteiger partial charge >= 0.3 is 0 Å². The maximum absolute atomic E-state index is 11.8. The first-order valence-corrected chi connectivity index (χ1v) is 7.38. The first-order valence-electron chi connectivity index (χ1n) is 7.38. The summed E-state index contributed by atoms with van der Waals surface area (Å²) in [6.07, 6.45) is 2.76. The minimum atomic E-state index is -0.228. The first kappa shape index (κ1) is 16.6. The molecule has 0 bridgehead atoms. The molecule has 0 radical (unpaired) electrons. The highest BCUT2D eigenvalue weighted by Gasteiger charge is 2.02. The van der Waals surface area contributed by atoms with Crippen molar-refractivity contribution < 1.29 is 14.3 Å². The number of hydrogen-bond acceptors (Lipinski definition) is 3. The third-order valence-corrected chi connectivity index (χ3v) is 3.52. The number of hydrogen-bond donors (Lipinski definition) is 1. The van der Waals surface area contributed by atoms with Crippen LogP contribution in [0, 0.1) is 13.8 Å². The summed E-state index contributed by atoms with van der Waals surface area (Å²) in [5.74, 6) is 0.536. The molecular formula is C19H21NO3. The number of nitrogens with one attached hydrogen (secondary N) is 1. The number of anilines is 1. The molecule has 23 heavy (non-hydrogen) atoms. The van der Waals surface area contributed by atoms with E-state index in [0.717, 1.165) is 22.6 Å². The van der Waals surface area contributed by atoms with Crippen molar-refractivity contribution in [3.63, 3.8) is 0 Å². The Morgan fingerprint density at radius 3 is 2.65 bits per heavy atom. The summed E-state index contributed by atoms with van der Waals surface area (Å²) >= 11 is 0. The zero-order valence-corrected chi connectivity index (χ0v) is 13.6. The Morgan fingerprint density at radius 2 is 1.91 bits per heavy atom. The van der Waals surface area contributed by atoms with Gasteiger partial charge in [0.25, 0.3) is 5.91 Å². The second-order valence-electron chi connectivity index (χ2n) is 5.21. The number of para-hydroxylation sites is 1. The average molecular weight is 311 g/mol. The summed E-state index contributed by atoms with van der Waals surface area (Å²) in [6.45, 7) is 4.39. The molecule has 0 aliphatic heterocycles. The normalized spacial score (nSPS) is 10.6. The number of aryl methyl sites for hydroxylation is 2. The molecule has 4 nitrogen and oxygen atoms in total. The van der Waals surface area contributed by atoms with Crippen LogP contribution >= 0.6 is 0 Å². The zero-order chi connectivity index (χ0) is 16.7. The van der Waals surface area contributed by atoms with Gasteiger partial charge in [0, 0.05) is 17.3 Å². The topological polar surface area (TPSA) is 47.6 Å². The minimum absolute atomic E-state index is 0.228. The largest absolute Gasteiger partial charge is 0.496 e. The van der Waals surface area contributed by atoms with Crippen LogP contribution in [0.15, 0.2) is 54.8 Å². The second kappa shape index (κ2) is 8.03. The Morgan fingerprint density at radius 1 is 1.13 bits per heavy atom. The molecule has 0 saturated heterocycles. The van der Waals surface area contributed by atoms with Gasteiger partial charge in [0.2, 0.25) is 0 Å². The van der Waals surface area contributed by atoms with Gasteiger partial charge in [0.1, 0.15) is 12.4 Å². The quantitative estimate of drug-likeness (QED) is 0.648. The molecule has 0 aliphatic carbocycles. The fourth-order valence-electron chi connectivity index (χ4n) is 2.07. The summed E-state index contributed by atoms with van der Waals surface area (Å²) in [5, 5.41) is 2.80. The van der Waals surface area contributed by atoms with Crippen molar-refractivity contribution in [1.29, 1.82) is 0 Å². The molecule has 1 amide bonds. The summed E-state index contributed by atoms with van der Waals surface area (Å²) in [6, 6.07) is 13.4. The highest BCUT2D eigenvalue weighted by Crippen LogP contribution is 2.18. The van der Waals surface area contributed by atoms with E-state index < -0.39 is 0 Å². The highest BCUT2D eigenvalue weighted by atomic mass is 16.5. The summed E-state index contributed by atoms with van der Waals surface area (Å²) in [7, 11) is 1.62. The fourth-order valence-corrected chi connectivity index (χ4v) is 2.07. The summed E-state index contributed by atoms with van der Waals surface area (Å²) in [5.41, 5.74) is 4.03. The molecule has 0 aromatic heterocycles. The van der Waals surface area contributed by atoms with Crippen LogP contribution in [0.3, 0.4) is 0 Å². The van der Waals surface area contributed by atoms with Gasteiger partial charge in [-0.2, -0.15) is 0 Å². The predicted octanol–water partition coefficient (Wildman–Crippen LogP) is 3.98. The lowest BCUT2D eigenvalue weighted by Crippen LogP contribution is -2.08. The van der Waals surface area contributed by atoms with Crippen LogP contribution in [0.25, 0.3) is 0 Å². The molecule has 0 unspecified atom stereocenters. The Hall–Kier alpha value is -2.75. The third-order valence-electron chi connectivity index (χ3n) is 3.52. The maximum Gasteiger partial charge on any atom is 0.251 e. The number of rotatable bonds is 6. The Labute approximate surface area is 136 Å². The molecule has 0 spiro atoms. The minimum Gasteiger partial charge on any atom is -0.496 e. The number of ether oxygens (including phenoxy) is 2. The lowest BCUT2D eigenvalue weighted by Gasteiger charge is -2.07. The Balaban J connectivity index is 1.85. The van der Waals surface area contributed by atoms with E-state index in [1.807, 2.05) is 56.3 Å². The van der Waals surface area contributed by atoms with Crippen molar-refractivity contribution in [3.05, 3.63) is 71.5 Å². The van der Waals surface area contributed by atoms with Crippen molar-refractivity contribution >= 4 is 11.6 Å². The van der Waals surface area contributed by atoms with Gasteiger partial charge in [-0.05, 0) is 43.2 Å². The van der Waals surface area contributed by atoms with Gasteiger partial charge < -0.3 is 14.8 Å². The fraction of sp³-hybridized carbons (Fsp3) is 0.211. The van der Waals surface area contributed by atoms with Crippen LogP contribution in [0.2, 0.25) is 0 Å². The van der Waals surface area contributed by atoms with E-state index in [9.17, 15) is 4.79 Å². The van der Waals surface area contributed by atoms with E-state index in [1.165, 1.54) is 17.9 Å². The van der Waals surface area contributed by atoms with Gasteiger partial charge in [-0.25, -0.2) is 0 Å². The van der Waals surface area contributed by atoms with E-state index in [-0.39, 0.29) is 5.91 Å². The van der Waals surface area contributed by atoms with Gasteiger partial charge in [-0.1, -0.05) is 24.3 Å². The Bertz CT molecular complexity index is 708. The van der Waals surface area contributed by atoms with E-state index in [2.05, 4.69) is 5.32 Å². The van der Waals surface area contributed by atoms with Crippen molar-refractivity contribution in [1.82, 2.24) is 0 Å².